The average Bonchev–Trinajstić information content (AvgIpc) is 3.62. The standard InChI is InChI=1S/C19H27NO4.C15H25NO4/c1-21-16-4-3-15(17(11-16)22-2)12-20-13-18(14-20)5-7-19(8-6-18)23-9-10-24-19;1-13(2,3)20-12(17)16-10-14(11-16)4-6-15(7-5-14)18-8-9-19-15/h3-4,11H,5-10,12-14H2,1-2H3;4-11H2,1-3H3. The second kappa shape index (κ2) is 12.2. The smallest absolute Gasteiger partial charge is 0.410 e. The highest BCUT2D eigenvalue weighted by Gasteiger charge is 2.53. The molecule has 44 heavy (non-hydrogen) atoms. The van der Waals surface area contributed by atoms with Crippen molar-refractivity contribution in [2.24, 2.45) is 10.8 Å². The number of likely N-dealkylation sites (tertiary alicyclic amines) is 2. The van der Waals surface area contributed by atoms with Crippen LogP contribution in [0.4, 0.5) is 4.79 Å². The third-order valence-electron chi connectivity index (χ3n) is 10.5. The third-order valence-corrected chi connectivity index (χ3v) is 10.5. The van der Waals surface area contributed by atoms with E-state index in [0.717, 1.165) is 109 Å². The van der Waals surface area contributed by atoms with E-state index in [-0.39, 0.29) is 23.1 Å². The quantitative estimate of drug-likeness (QED) is 0.444. The third kappa shape index (κ3) is 6.84. The van der Waals surface area contributed by atoms with E-state index in [1.165, 1.54) is 18.4 Å². The fourth-order valence-electron chi connectivity index (χ4n) is 7.98. The Kier molecular flexibility index (Phi) is 8.87. The van der Waals surface area contributed by atoms with Crippen molar-refractivity contribution in [3.8, 4) is 11.5 Å². The summed E-state index contributed by atoms with van der Waals surface area (Å²) in [6, 6.07) is 6.08. The summed E-state index contributed by atoms with van der Waals surface area (Å²) >= 11 is 0. The van der Waals surface area contributed by atoms with E-state index >= 15 is 0 Å². The van der Waals surface area contributed by atoms with Crippen LogP contribution in [-0.2, 0) is 30.2 Å². The monoisotopic (exact) mass is 616 g/mol. The number of benzene rings is 1. The molecule has 0 unspecified atom stereocenters. The van der Waals surface area contributed by atoms with Gasteiger partial charge in [-0.2, -0.15) is 0 Å². The maximum absolute atomic E-state index is 12.0. The number of rotatable bonds is 4. The lowest BCUT2D eigenvalue weighted by Gasteiger charge is -2.55. The van der Waals surface area contributed by atoms with Gasteiger partial charge in [-0.3, -0.25) is 4.90 Å². The minimum atomic E-state index is -0.415. The summed E-state index contributed by atoms with van der Waals surface area (Å²) in [4.78, 5) is 16.3. The molecule has 1 amide bonds. The van der Waals surface area contributed by atoms with Gasteiger partial charge in [-0.05, 0) is 57.9 Å². The highest BCUT2D eigenvalue weighted by molar-refractivity contribution is 5.69. The second-order valence-electron chi connectivity index (χ2n) is 14.9. The maximum Gasteiger partial charge on any atom is 0.410 e. The van der Waals surface area contributed by atoms with Crippen LogP contribution in [0, 0.1) is 10.8 Å². The number of nitrogens with zero attached hydrogens (tertiary/aromatic N) is 2. The molecule has 0 radical (unpaired) electrons. The summed E-state index contributed by atoms with van der Waals surface area (Å²) < 4.78 is 39.4. The van der Waals surface area contributed by atoms with Crippen LogP contribution < -0.4 is 9.47 Å². The molecule has 10 heteroatoms. The Morgan fingerprint density at radius 2 is 1.25 bits per heavy atom. The van der Waals surface area contributed by atoms with E-state index in [0.29, 0.717) is 5.41 Å². The minimum Gasteiger partial charge on any atom is -0.497 e. The predicted molar refractivity (Wildman–Crippen MR) is 164 cm³/mol. The average molecular weight is 617 g/mol. The van der Waals surface area contributed by atoms with Crippen LogP contribution in [0.3, 0.4) is 0 Å². The zero-order valence-corrected chi connectivity index (χ0v) is 27.4. The van der Waals surface area contributed by atoms with Crippen molar-refractivity contribution in [1.82, 2.24) is 9.80 Å². The molecule has 0 bridgehead atoms. The molecule has 2 saturated carbocycles. The number of amides is 1. The van der Waals surface area contributed by atoms with E-state index in [2.05, 4.69) is 11.0 Å². The lowest BCUT2D eigenvalue weighted by atomic mass is 9.67. The van der Waals surface area contributed by atoms with Gasteiger partial charge in [0.2, 0.25) is 0 Å². The molecule has 4 spiro atoms. The highest BCUT2D eigenvalue weighted by atomic mass is 16.7. The molecule has 1 aromatic rings. The van der Waals surface area contributed by atoms with Gasteiger partial charge in [-0.15, -0.1) is 0 Å². The van der Waals surface area contributed by atoms with Crippen LogP contribution in [0.25, 0.3) is 0 Å². The molecule has 7 rings (SSSR count). The number of carbonyl (C=O) groups excluding carboxylic acids is 1. The first-order valence-electron chi connectivity index (χ1n) is 16.4. The molecule has 4 aliphatic heterocycles. The van der Waals surface area contributed by atoms with Gasteiger partial charge in [0, 0.05) is 75.5 Å². The Labute approximate surface area is 262 Å². The van der Waals surface area contributed by atoms with E-state index in [4.69, 9.17) is 33.2 Å². The van der Waals surface area contributed by atoms with E-state index in [1.807, 2.05) is 37.8 Å². The van der Waals surface area contributed by atoms with Gasteiger partial charge >= 0.3 is 6.09 Å². The summed E-state index contributed by atoms with van der Waals surface area (Å²) in [5, 5.41) is 0. The number of ether oxygens (including phenoxy) is 7. The van der Waals surface area contributed by atoms with Crippen LogP contribution in [0.2, 0.25) is 0 Å². The zero-order valence-electron chi connectivity index (χ0n) is 27.4. The maximum atomic E-state index is 12.0. The van der Waals surface area contributed by atoms with Crippen LogP contribution in [0.1, 0.15) is 77.7 Å². The van der Waals surface area contributed by atoms with Crippen molar-refractivity contribution < 1.29 is 38.0 Å². The van der Waals surface area contributed by atoms with Gasteiger partial charge < -0.3 is 38.1 Å². The summed E-state index contributed by atoms with van der Waals surface area (Å²) in [5.74, 6) is 1.19. The summed E-state index contributed by atoms with van der Waals surface area (Å²) in [5.41, 5.74) is 1.56. The van der Waals surface area contributed by atoms with Gasteiger partial charge in [0.15, 0.2) is 11.6 Å². The lowest BCUT2D eigenvalue weighted by Crippen LogP contribution is -2.61. The Balaban J connectivity index is 0.000000159. The fraction of sp³-hybridized carbons (Fsp3) is 0.794. The van der Waals surface area contributed by atoms with E-state index in [1.54, 1.807) is 14.2 Å². The second-order valence-corrected chi connectivity index (χ2v) is 14.9. The van der Waals surface area contributed by atoms with Crippen LogP contribution >= 0.6 is 0 Å². The molecule has 0 aromatic heterocycles. The first kappa shape index (κ1) is 31.9. The van der Waals surface area contributed by atoms with Crippen molar-refractivity contribution >= 4 is 6.09 Å². The molecule has 6 fully saturated rings. The summed E-state index contributed by atoms with van der Waals surface area (Å²) in [7, 11) is 3.40. The molecule has 4 heterocycles. The van der Waals surface area contributed by atoms with Crippen LogP contribution in [0.15, 0.2) is 18.2 Å². The summed E-state index contributed by atoms with van der Waals surface area (Å²) in [6.07, 6.45) is 8.39. The summed E-state index contributed by atoms with van der Waals surface area (Å²) in [6.45, 7) is 13.6. The number of methoxy groups -OCH3 is 2. The van der Waals surface area contributed by atoms with Crippen molar-refractivity contribution in [3.63, 3.8) is 0 Å². The van der Waals surface area contributed by atoms with Crippen molar-refractivity contribution in [3.05, 3.63) is 23.8 Å². The molecule has 0 atom stereocenters. The fourth-order valence-corrected chi connectivity index (χ4v) is 7.98. The van der Waals surface area contributed by atoms with Gasteiger partial charge in [0.05, 0.1) is 40.6 Å². The van der Waals surface area contributed by atoms with E-state index in [9.17, 15) is 4.79 Å². The molecule has 2 aliphatic carbocycles. The molecular weight excluding hydrogens is 564 g/mol. The van der Waals surface area contributed by atoms with Gasteiger partial charge in [-0.25, -0.2) is 4.79 Å². The SMILES string of the molecule is CC(C)(C)OC(=O)N1CC2(CCC3(CC2)OCCO3)C1.COc1ccc(CN2CC3(CCC4(CC3)OCCO4)C2)c(OC)c1. The van der Waals surface area contributed by atoms with Crippen molar-refractivity contribution in [1.29, 1.82) is 0 Å². The van der Waals surface area contributed by atoms with Crippen molar-refractivity contribution in [2.75, 3.05) is 66.8 Å². The van der Waals surface area contributed by atoms with E-state index < -0.39 is 5.60 Å². The largest absolute Gasteiger partial charge is 0.497 e. The highest BCUT2D eigenvalue weighted by Crippen LogP contribution is 2.51. The normalized spacial score (nSPS) is 26.2. The Morgan fingerprint density at radius 1 is 0.750 bits per heavy atom. The van der Waals surface area contributed by atoms with Gasteiger partial charge in [0.25, 0.3) is 0 Å². The molecule has 4 saturated heterocycles. The Morgan fingerprint density at radius 3 is 1.70 bits per heavy atom. The molecule has 0 N–H and O–H groups in total. The first-order chi connectivity index (χ1) is 21.0. The minimum absolute atomic E-state index is 0.184. The lowest BCUT2D eigenvalue weighted by molar-refractivity contribution is -0.205. The topological polar surface area (TPSA) is 88.2 Å². The number of hydrogen-bond acceptors (Lipinski definition) is 9. The molecule has 1 aromatic carbocycles. The van der Waals surface area contributed by atoms with Crippen molar-refractivity contribution in [2.45, 2.75) is 95.9 Å². The Hall–Kier alpha value is -2.11. The molecule has 10 nitrogen and oxygen atoms in total. The van der Waals surface area contributed by atoms with Crippen LogP contribution in [0.5, 0.6) is 11.5 Å². The predicted octanol–water partition coefficient (Wildman–Crippen LogP) is 5.36. The number of hydrogen-bond donors (Lipinski definition) is 0. The number of carbonyl (C=O) groups is 1. The van der Waals surface area contributed by atoms with Crippen LogP contribution in [-0.4, -0.2) is 99.9 Å². The van der Waals surface area contributed by atoms with Gasteiger partial charge in [-0.1, -0.05) is 6.07 Å². The van der Waals surface area contributed by atoms with Gasteiger partial charge in [0.1, 0.15) is 17.1 Å². The molecule has 6 aliphatic rings. The Bertz CT molecular complexity index is 1130. The molecule has 246 valence electrons. The molecular formula is C34H52N2O8. The zero-order chi connectivity index (χ0) is 31.1. The first-order valence-corrected chi connectivity index (χ1v) is 16.4.